The summed E-state index contributed by atoms with van der Waals surface area (Å²) in [6.45, 7) is 5.70. The standard InChI is InChI=1S/2C6H8O3.2CH4/c2*1-3(7)5-6(9-5)4(2)8;;/h2*5-6H,1-2H3;2*1H4/t2*5-,6-;;/m10../s1. The zero-order valence-electron chi connectivity index (χ0n) is 10.8. The van der Waals surface area contributed by atoms with Crippen LogP contribution in [-0.2, 0) is 28.7 Å². The third-order valence-electron chi connectivity index (χ3n) is 2.59. The number of hydrogen-bond acceptors (Lipinski definition) is 6. The number of ether oxygens (including phenoxy) is 2. The Morgan fingerprint density at radius 3 is 0.750 bits per heavy atom. The summed E-state index contributed by atoms with van der Waals surface area (Å²) in [7, 11) is 0. The molecule has 2 saturated heterocycles. The zero-order chi connectivity index (χ0) is 14.0. The molecule has 0 N–H and O–H groups in total. The molecule has 0 amide bonds. The van der Waals surface area contributed by atoms with Crippen LogP contribution in [0.3, 0.4) is 0 Å². The Balaban J connectivity index is 0. The van der Waals surface area contributed by atoms with Gasteiger partial charge < -0.3 is 9.47 Å². The maximum absolute atomic E-state index is 10.4. The molecular weight excluding hydrogens is 264 g/mol. The lowest BCUT2D eigenvalue weighted by atomic mass is 10.2. The van der Waals surface area contributed by atoms with Gasteiger partial charge in [-0.2, -0.15) is 0 Å². The maximum atomic E-state index is 10.4. The molecule has 2 heterocycles. The molecule has 0 saturated carbocycles. The third kappa shape index (κ3) is 5.71. The number of epoxide rings is 2. The van der Waals surface area contributed by atoms with E-state index >= 15 is 0 Å². The molecule has 0 aromatic carbocycles. The number of hydrogen-bond donors (Lipinski definition) is 0. The molecule has 6 nitrogen and oxygen atoms in total. The van der Waals surface area contributed by atoms with Crippen molar-refractivity contribution in [3.05, 3.63) is 0 Å². The molecule has 0 aliphatic carbocycles. The molecule has 2 rings (SSSR count). The van der Waals surface area contributed by atoms with Gasteiger partial charge in [-0.05, 0) is 27.7 Å². The quantitative estimate of drug-likeness (QED) is 0.720. The van der Waals surface area contributed by atoms with Crippen LogP contribution >= 0.6 is 0 Å². The minimum atomic E-state index is -0.428. The molecule has 0 spiro atoms. The summed E-state index contributed by atoms with van der Waals surface area (Å²) in [6.07, 6.45) is -1.71. The first-order valence-corrected chi connectivity index (χ1v) is 5.58. The van der Waals surface area contributed by atoms with Crippen molar-refractivity contribution in [2.45, 2.75) is 67.0 Å². The molecule has 20 heavy (non-hydrogen) atoms. The largest absolute Gasteiger partial charge is 0.353 e. The molecule has 116 valence electrons. The first-order chi connectivity index (χ1) is 8.25. The van der Waals surface area contributed by atoms with Gasteiger partial charge >= 0.3 is 0 Å². The highest BCUT2D eigenvalue weighted by atomic mass is 16.6. The Kier molecular flexibility index (Phi) is 8.38. The Morgan fingerprint density at radius 2 is 0.700 bits per heavy atom. The van der Waals surface area contributed by atoms with E-state index in [1.165, 1.54) is 27.7 Å². The number of carbonyl (C=O) groups excluding carboxylic acids is 4. The second kappa shape index (κ2) is 8.01. The van der Waals surface area contributed by atoms with E-state index in [0.717, 1.165) is 0 Å². The average molecular weight is 288 g/mol. The van der Waals surface area contributed by atoms with Gasteiger partial charge in [0.1, 0.15) is 24.4 Å². The fourth-order valence-electron chi connectivity index (χ4n) is 1.46. The van der Waals surface area contributed by atoms with Crippen LogP contribution < -0.4 is 0 Å². The van der Waals surface area contributed by atoms with Gasteiger partial charge in [-0.25, -0.2) is 0 Å². The van der Waals surface area contributed by atoms with Crippen molar-refractivity contribution in [1.82, 2.24) is 0 Å². The molecule has 0 radical (unpaired) electrons. The lowest BCUT2D eigenvalue weighted by Crippen LogP contribution is -2.10. The molecule has 0 unspecified atom stereocenters. The van der Waals surface area contributed by atoms with Crippen molar-refractivity contribution in [2.75, 3.05) is 0 Å². The number of rotatable bonds is 4. The number of carbonyl (C=O) groups is 4. The van der Waals surface area contributed by atoms with E-state index in [-0.39, 0.29) is 38.0 Å². The third-order valence-corrected chi connectivity index (χ3v) is 2.59. The van der Waals surface area contributed by atoms with Crippen molar-refractivity contribution in [1.29, 1.82) is 0 Å². The topological polar surface area (TPSA) is 93.3 Å². The average Bonchev–Trinajstić information content (AvgIpc) is 3.12. The SMILES string of the molecule is C.C.CC(=O)[C@@H]1O[C@H]1C(C)=O.CC(=O)[C@H]1O[C@@H]1C(C)=O. The normalized spacial score (nSPS) is 28.6. The van der Waals surface area contributed by atoms with E-state index in [9.17, 15) is 19.2 Å². The van der Waals surface area contributed by atoms with E-state index in [1.54, 1.807) is 0 Å². The van der Waals surface area contributed by atoms with Crippen molar-refractivity contribution in [3.8, 4) is 0 Å². The van der Waals surface area contributed by atoms with Gasteiger partial charge in [0, 0.05) is 0 Å². The van der Waals surface area contributed by atoms with Gasteiger partial charge in [0.25, 0.3) is 0 Å². The summed E-state index contributed by atoms with van der Waals surface area (Å²) in [5, 5.41) is 0. The highest BCUT2D eigenvalue weighted by Crippen LogP contribution is 2.23. The van der Waals surface area contributed by atoms with Gasteiger partial charge in [0.15, 0.2) is 23.1 Å². The van der Waals surface area contributed by atoms with Crippen molar-refractivity contribution >= 4 is 23.1 Å². The van der Waals surface area contributed by atoms with E-state index < -0.39 is 24.4 Å². The summed E-state index contributed by atoms with van der Waals surface area (Å²) >= 11 is 0. The lowest BCUT2D eigenvalue weighted by molar-refractivity contribution is -0.120. The lowest BCUT2D eigenvalue weighted by Gasteiger charge is -1.79. The Hall–Kier alpha value is -1.40. The summed E-state index contributed by atoms with van der Waals surface area (Å²) in [5.74, 6) is -0.240. The van der Waals surface area contributed by atoms with Gasteiger partial charge in [-0.15, -0.1) is 0 Å². The van der Waals surface area contributed by atoms with Crippen LogP contribution in [0.5, 0.6) is 0 Å². The van der Waals surface area contributed by atoms with Crippen LogP contribution in [-0.4, -0.2) is 47.5 Å². The van der Waals surface area contributed by atoms with Crippen LogP contribution in [0.25, 0.3) is 0 Å². The molecule has 0 bridgehead atoms. The van der Waals surface area contributed by atoms with Crippen molar-refractivity contribution in [2.24, 2.45) is 0 Å². The van der Waals surface area contributed by atoms with Crippen LogP contribution in [0.1, 0.15) is 42.5 Å². The molecule has 4 atom stereocenters. The first kappa shape index (κ1) is 20.9. The van der Waals surface area contributed by atoms with E-state index in [0.29, 0.717) is 0 Å². The second-order valence-corrected chi connectivity index (χ2v) is 4.40. The van der Waals surface area contributed by atoms with E-state index in [2.05, 4.69) is 0 Å². The molecule has 2 aliphatic rings. The van der Waals surface area contributed by atoms with E-state index in [1.807, 2.05) is 0 Å². The Morgan fingerprint density at radius 1 is 0.550 bits per heavy atom. The van der Waals surface area contributed by atoms with Crippen LogP contribution in [0, 0.1) is 0 Å². The van der Waals surface area contributed by atoms with E-state index in [4.69, 9.17) is 9.47 Å². The maximum Gasteiger partial charge on any atom is 0.161 e. The predicted molar refractivity (Wildman–Crippen MR) is 73.5 cm³/mol. The number of Topliss-reactive ketones (excluding diaryl/α,β-unsaturated/α-hetero) is 4. The predicted octanol–water partition coefficient (Wildman–Crippen LogP) is 1.14. The highest BCUT2D eigenvalue weighted by molar-refractivity contribution is 5.95. The second-order valence-electron chi connectivity index (χ2n) is 4.40. The van der Waals surface area contributed by atoms with Crippen LogP contribution in [0.4, 0.5) is 0 Å². The van der Waals surface area contributed by atoms with Crippen LogP contribution in [0.15, 0.2) is 0 Å². The molecule has 6 heteroatoms. The summed E-state index contributed by atoms with van der Waals surface area (Å²) < 4.78 is 9.48. The van der Waals surface area contributed by atoms with Gasteiger partial charge in [-0.3, -0.25) is 19.2 Å². The minimum Gasteiger partial charge on any atom is -0.353 e. The van der Waals surface area contributed by atoms with Crippen LogP contribution in [0.2, 0.25) is 0 Å². The van der Waals surface area contributed by atoms with Gasteiger partial charge in [-0.1, -0.05) is 14.9 Å². The fourth-order valence-corrected chi connectivity index (χ4v) is 1.46. The molecule has 0 aromatic rings. The molecule has 2 fully saturated rings. The molecular formula is C14H24O6. The Bertz CT molecular complexity index is 326. The highest BCUT2D eigenvalue weighted by Gasteiger charge is 2.46. The summed E-state index contributed by atoms with van der Waals surface area (Å²) in [4.78, 5) is 41.8. The Labute approximate surface area is 119 Å². The smallest absolute Gasteiger partial charge is 0.161 e. The zero-order valence-corrected chi connectivity index (χ0v) is 10.8. The molecule has 2 aliphatic heterocycles. The van der Waals surface area contributed by atoms with Crippen molar-refractivity contribution in [3.63, 3.8) is 0 Å². The monoisotopic (exact) mass is 288 g/mol. The fraction of sp³-hybridized carbons (Fsp3) is 0.714. The minimum absolute atomic E-state index is 0. The van der Waals surface area contributed by atoms with Crippen molar-refractivity contribution < 1.29 is 28.7 Å². The van der Waals surface area contributed by atoms with Gasteiger partial charge in [0.05, 0.1) is 0 Å². The molecule has 0 aromatic heterocycles. The summed E-state index contributed by atoms with van der Waals surface area (Å²) in [5.41, 5.74) is 0. The summed E-state index contributed by atoms with van der Waals surface area (Å²) in [6, 6.07) is 0. The van der Waals surface area contributed by atoms with Gasteiger partial charge in [0.2, 0.25) is 0 Å². The number of ketones is 4. The first-order valence-electron chi connectivity index (χ1n) is 5.58.